The molecule has 3 aromatic rings. The zero-order valence-electron chi connectivity index (χ0n) is 10.1. The maximum absolute atomic E-state index is 5.45. The summed E-state index contributed by atoms with van der Waals surface area (Å²) in [5.41, 5.74) is 3.68. The summed E-state index contributed by atoms with van der Waals surface area (Å²) in [5.74, 6) is 0.681. The van der Waals surface area contributed by atoms with Crippen LogP contribution >= 0.6 is 11.3 Å². The monoisotopic (exact) mass is 260 g/mol. The summed E-state index contributed by atoms with van der Waals surface area (Å²) in [5, 5.41) is 3.01. The lowest BCUT2D eigenvalue weighted by atomic mass is 10.1. The number of methoxy groups -OCH3 is 1. The van der Waals surface area contributed by atoms with Crippen molar-refractivity contribution in [2.45, 2.75) is 13.5 Å². The molecule has 0 atom stereocenters. The molecule has 2 aromatic heterocycles. The zero-order valence-corrected chi connectivity index (χ0v) is 11.0. The van der Waals surface area contributed by atoms with Gasteiger partial charge >= 0.3 is 0 Å². The minimum absolute atomic E-state index is 0.552. The molecule has 0 N–H and O–H groups in total. The van der Waals surface area contributed by atoms with Gasteiger partial charge in [0.1, 0.15) is 10.5 Å². The van der Waals surface area contributed by atoms with E-state index in [1.165, 1.54) is 0 Å². The fourth-order valence-electron chi connectivity index (χ4n) is 1.84. The van der Waals surface area contributed by atoms with Crippen molar-refractivity contribution in [3.8, 4) is 11.3 Å². The van der Waals surface area contributed by atoms with Crippen LogP contribution in [0.3, 0.4) is 0 Å². The normalized spacial score (nSPS) is 11.2. The largest absolute Gasteiger partial charge is 0.441 e. The van der Waals surface area contributed by atoms with Crippen molar-refractivity contribution in [3.63, 3.8) is 0 Å². The highest BCUT2D eigenvalue weighted by molar-refractivity contribution is 7.09. The average molecular weight is 260 g/mol. The Balaban J connectivity index is 2.01. The van der Waals surface area contributed by atoms with Gasteiger partial charge in [0.05, 0.1) is 12.3 Å². The van der Waals surface area contributed by atoms with Gasteiger partial charge in [0, 0.05) is 25.0 Å². The molecule has 1 aromatic carbocycles. The third kappa shape index (κ3) is 2.02. The van der Waals surface area contributed by atoms with Gasteiger partial charge in [0.25, 0.3) is 0 Å². The van der Waals surface area contributed by atoms with Crippen molar-refractivity contribution in [1.29, 1.82) is 0 Å². The molecule has 0 aliphatic carbocycles. The number of aromatic nitrogens is 2. The van der Waals surface area contributed by atoms with E-state index < -0.39 is 0 Å². The molecule has 0 bridgehead atoms. The average Bonchev–Trinajstić information content (AvgIpc) is 2.93. The molecule has 0 saturated carbocycles. The number of aryl methyl sites for hydroxylation is 1. The fourth-order valence-corrected chi connectivity index (χ4v) is 2.61. The molecule has 92 valence electrons. The summed E-state index contributed by atoms with van der Waals surface area (Å²) in [6.07, 6.45) is 0. The van der Waals surface area contributed by atoms with Crippen molar-refractivity contribution < 1.29 is 9.15 Å². The van der Waals surface area contributed by atoms with Crippen LogP contribution < -0.4 is 0 Å². The molecular weight excluding hydrogens is 248 g/mol. The van der Waals surface area contributed by atoms with E-state index in [1.807, 2.05) is 30.5 Å². The first-order chi connectivity index (χ1) is 8.76. The van der Waals surface area contributed by atoms with Gasteiger partial charge in [-0.05, 0) is 18.2 Å². The molecule has 0 radical (unpaired) electrons. The first-order valence-corrected chi connectivity index (χ1v) is 6.45. The van der Waals surface area contributed by atoms with Crippen LogP contribution in [0.15, 0.2) is 28.0 Å². The van der Waals surface area contributed by atoms with Crippen molar-refractivity contribution in [1.82, 2.24) is 9.97 Å². The maximum Gasteiger partial charge on any atom is 0.192 e. The lowest BCUT2D eigenvalue weighted by molar-refractivity contribution is 0.184. The van der Waals surface area contributed by atoms with Gasteiger partial charge in [-0.2, -0.15) is 0 Å². The van der Waals surface area contributed by atoms with Crippen LogP contribution in [-0.2, 0) is 11.3 Å². The predicted octanol–water partition coefficient (Wildman–Crippen LogP) is 3.41. The van der Waals surface area contributed by atoms with E-state index in [4.69, 9.17) is 9.15 Å². The Morgan fingerprint density at radius 3 is 3.06 bits per heavy atom. The number of oxazole rings is 1. The second kappa shape index (κ2) is 4.51. The van der Waals surface area contributed by atoms with Crippen molar-refractivity contribution in [3.05, 3.63) is 34.5 Å². The van der Waals surface area contributed by atoms with Crippen LogP contribution in [0.25, 0.3) is 22.4 Å². The molecule has 3 rings (SSSR count). The van der Waals surface area contributed by atoms with E-state index in [0.717, 1.165) is 27.4 Å². The molecule has 0 unspecified atom stereocenters. The Bertz CT molecular complexity index is 687. The van der Waals surface area contributed by atoms with Crippen molar-refractivity contribution in [2.75, 3.05) is 7.11 Å². The molecule has 2 heterocycles. The zero-order chi connectivity index (χ0) is 12.5. The summed E-state index contributed by atoms with van der Waals surface area (Å²) in [7, 11) is 1.67. The number of rotatable bonds is 3. The maximum atomic E-state index is 5.45. The van der Waals surface area contributed by atoms with Crippen molar-refractivity contribution >= 4 is 22.4 Å². The molecule has 4 nitrogen and oxygen atoms in total. The van der Waals surface area contributed by atoms with Crippen LogP contribution in [0.5, 0.6) is 0 Å². The van der Waals surface area contributed by atoms with Gasteiger partial charge < -0.3 is 9.15 Å². The minimum atomic E-state index is 0.552. The standard InChI is InChI=1S/C13H12N2O2S/c1-8-14-10-5-9(3-4-12(10)17-8)11-7-18-13(15-11)6-16-2/h3-5,7H,6H2,1-2H3. The van der Waals surface area contributed by atoms with E-state index in [9.17, 15) is 0 Å². The summed E-state index contributed by atoms with van der Waals surface area (Å²) in [4.78, 5) is 8.85. The molecule has 0 aliphatic rings. The Kier molecular flexibility index (Phi) is 2.85. The number of thiazole rings is 1. The fraction of sp³-hybridized carbons (Fsp3) is 0.231. The topological polar surface area (TPSA) is 48.2 Å². The Labute approximate surface area is 108 Å². The van der Waals surface area contributed by atoms with Crippen LogP contribution in [0, 0.1) is 6.92 Å². The number of fused-ring (bicyclic) bond motifs is 1. The molecule has 0 aliphatic heterocycles. The summed E-state index contributed by atoms with van der Waals surface area (Å²) in [6.45, 7) is 2.40. The highest BCUT2D eigenvalue weighted by Gasteiger charge is 2.08. The van der Waals surface area contributed by atoms with E-state index in [0.29, 0.717) is 12.5 Å². The van der Waals surface area contributed by atoms with E-state index >= 15 is 0 Å². The molecule has 0 amide bonds. The highest BCUT2D eigenvalue weighted by atomic mass is 32.1. The van der Waals surface area contributed by atoms with Gasteiger partial charge in [-0.3, -0.25) is 0 Å². The smallest absolute Gasteiger partial charge is 0.192 e. The first-order valence-electron chi connectivity index (χ1n) is 5.57. The van der Waals surface area contributed by atoms with Gasteiger partial charge in [-0.15, -0.1) is 11.3 Å². The van der Waals surface area contributed by atoms with Gasteiger partial charge in [0.15, 0.2) is 11.5 Å². The van der Waals surface area contributed by atoms with E-state index in [2.05, 4.69) is 9.97 Å². The van der Waals surface area contributed by atoms with Crippen LogP contribution in [0.1, 0.15) is 10.9 Å². The molecular formula is C13H12N2O2S. The van der Waals surface area contributed by atoms with Gasteiger partial charge in [-0.25, -0.2) is 9.97 Å². The second-order valence-corrected chi connectivity index (χ2v) is 4.92. The highest BCUT2D eigenvalue weighted by Crippen LogP contribution is 2.26. The van der Waals surface area contributed by atoms with Gasteiger partial charge in [0.2, 0.25) is 0 Å². The Hall–Kier alpha value is -1.72. The van der Waals surface area contributed by atoms with Gasteiger partial charge in [-0.1, -0.05) is 0 Å². The summed E-state index contributed by atoms with van der Waals surface area (Å²) >= 11 is 1.60. The first kappa shape index (κ1) is 11.4. The quantitative estimate of drug-likeness (QED) is 0.724. The van der Waals surface area contributed by atoms with Crippen LogP contribution in [-0.4, -0.2) is 17.1 Å². The lowest BCUT2D eigenvalue weighted by Crippen LogP contribution is -1.86. The lowest BCUT2D eigenvalue weighted by Gasteiger charge is -1.95. The van der Waals surface area contributed by atoms with E-state index in [-0.39, 0.29) is 0 Å². The molecule has 0 saturated heterocycles. The SMILES string of the molecule is COCc1nc(-c2ccc3oc(C)nc3c2)cs1. The van der Waals surface area contributed by atoms with Crippen LogP contribution in [0.4, 0.5) is 0 Å². The number of hydrogen-bond donors (Lipinski definition) is 0. The number of hydrogen-bond acceptors (Lipinski definition) is 5. The summed E-state index contributed by atoms with van der Waals surface area (Å²) < 4.78 is 10.5. The second-order valence-electron chi connectivity index (χ2n) is 3.97. The van der Waals surface area contributed by atoms with Crippen molar-refractivity contribution in [2.24, 2.45) is 0 Å². The minimum Gasteiger partial charge on any atom is -0.441 e. The molecule has 18 heavy (non-hydrogen) atoms. The summed E-state index contributed by atoms with van der Waals surface area (Å²) in [6, 6.07) is 5.93. The predicted molar refractivity (Wildman–Crippen MR) is 70.6 cm³/mol. The third-order valence-corrected chi connectivity index (χ3v) is 3.43. The third-order valence-electron chi connectivity index (χ3n) is 2.61. The number of ether oxygens (including phenoxy) is 1. The number of benzene rings is 1. The van der Waals surface area contributed by atoms with Crippen LogP contribution in [0.2, 0.25) is 0 Å². The molecule has 0 fully saturated rings. The molecule has 0 spiro atoms. The Morgan fingerprint density at radius 2 is 2.22 bits per heavy atom. The Morgan fingerprint density at radius 1 is 1.33 bits per heavy atom. The molecule has 5 heteroatoms. The van der Waals surface area contributed by atoms with E-state index in [1.54, 1.807) is 18.4 Å². The number of nitrogens with zero attached hydrogens (tertiary/aromatic N) is 2.